The molecule has 0 spiro atoms. The number of benzene rings is 2. The lowest BCUT2D eigenvalue weighted by molar-refractivity contribution is -0.128. The molecule has 34 heavy (non-hydrogen) atoms. The van der Waals surface area contributed by atoms with E-state index in [1.165, 1.54) is 10.5 Å². The van der Waals surface area contributed by atoms with E-state index in [1.54, 1.807) is 32.3 Å². The second kappa shape index (κ2) is 11.0. The minimum absolute atomic E-state index is 0.0580. The molecule has 2 aromatic carbocycles. The molecule has 3 atom stereocenters. The van der Waals surface area contributed by atoms with E-state index in [0.717, 1.165) is 37.3 Å². The highest BCUT2D eigenvalue weighted by atomic mass is 35.5. The van der Waals surface area contributed by atoms with Gasteiger partial charge in [-0.15, -0.1) is 0 Å². The number of fused-ring (bicyclic) bond motifs is 2. The van der Waals surface area contributed by atoms with Crippen molar-refractivity contribution in [2.75, 3.05) is 20.7 Å². The van der Waals surface area contributed by atoms with Crippen molar-refractivity contribution in [1.82, 2.24) is 15.1 Å². The van der Waals surface area contributed by atoms with Crippen molar-refractivity contribution in [3.63, 3.8) is 0 Å². The number of carbonyl (C=O) groups is 2. The van der Waals surface area contributed by atoms with Gasteiger partial charge in [0, 0.05) is 54.4 Å². The van der Waals surface area contributed by atoms with Gasteiger partial charge >= 0.3 is 0 Å². The van der Waals surface area contributed by atoms with Crippen molar-refractivity contribution < 1.29 is 14.3 Å². The first kappa shape index (κ1) is 24.8. The molecule has 0 radical (unpaired) electrons. The van der Waals surface area contributed by atoms with Gasteiger partial charge in [-0.1, -0.05) is 35.3 Å². The average Bonchev–Trinajstić information content (AvgIpc) is 3.02. The van der Waals surface area contributed by atoms with Gasteiger partial charge < -0.3 is 15.0 Å². The van der Waals surface area contributed by atoms with Gasteiger partial charge in [-0.3, -0.25) is 14.5 Å². The first-order valence-corrected chi connectivity index (χ1v) is 12.4. The quantitative estimate of drug-likeness (QED) is 0.582. The summed E-state index contributed by atoms with van der Waals surface area (Å²) >= 11 is 12.1. The van der Waals surface area contributed by atoms with Gasteiger partial charge in [-0.2, -0.15) is 0 Å². The molecule has 182 valence electrons. The topological polar surface area (TPSA) is 61.9 Å². The number of likely N-dealkylation sites (N-methyl/N-ethyl adjacent to an activating group) is 1. The van der Waals surface area contributed by atoms with Crippen molar-refractivity contribution in [3.8, 4) is 5.75 Å². The fourth-order valence-corrected chi connectivity index (χ4v) is 5.33. The lowest BCUT2D eigenvalue weighted by atomic mass is 9.96. The molecule has 2 aliphatic rings. The van der Waals surface area contributed by atoms with Crippen LogP contribution in [0.2, 0.25) is 10.0 Å². The van der Waals surface area contributed by atoms with E-state index < -0.39 is 0 Å². The van der Waals surface area contributed by atoms with Gasteiger partial charge in [-0.05, 0) is 61.6 Å². The second-order valence-electron chi connectivity index (χ2n) is 9.43. The number of rotatable bonds is 8. The first-order chi connectivity index (χ1) is 16.3. The lowest BCUT2D eigenvalue weighted by Gasteiger charge is -2.39. The Morgan fingerprint density at radius 1 is 1.03 bits per heavy atom. The van der Waals surface area contributed by atoms with Gasteiger partial charge in [0.15, 0.2) is 6.61 Å². The zero-order valence-corrected chi connectivity index (χ0v) is 21.1. The molecular formula is C26H31Cl2N3O3. The van der Waals surface area contributed by atoms with Crippen LogP contribution in [0.25, 0.3) is 0 Å². The fraction of sp³-hybridized carbons (Fsp3) is 0.462. The standard InChI is InChI=1S/C26H31Cl2N3O3/c1-30(2)26(33)12-18-11-20(28)7-10-24(18)34-16-25(32)29-21-13-22-8-9-23(14-21)31(22)15-17-3-5-19(27)6-4-17/h3-7,10-11,21-23H,8-9,12-16H2,1-2H3,(H,29,32)/t21?,22-,23+. The minimum atomic E-state index is -0.143. The van der Waals surface area contributed by atoms with Gasteiger partial charge in [0.1, 0.15) is 5.75 Å². The summed E-state index contributed by atoms with van der Waals surface area (Å²) in [5.41, 5.74) is 1.94. The predicted octanol–water partition coefficient (Wildman–Crippen LogP) is 4.31. The highest BCUT2D eigenvalue weighted by Gasteiger charge is 2.40. The van der Waals surface area contributed by atoms with E-state index in [0.29, 0.717) is 28.4 Å². The number of hydrogen-bond acceptors (Lipinski definition) is 4. The number of nitrogens with one attached hydrogen (secondary N) is 1. The highest BCUT2D eigenvalue weighted by molar-refractivity contribution is 6.30. The Labute approximate surface area is 211 Å². The van der Waals surface area contributed by atoms with Crippen LogP contribution in [0.5, 0.6) is 5.75 Å². The summed E-state index contributed by atoms with van der Waals surface area (Å²) in [6.45, 7) is 0.826. The average molecular weight is 504 g/mol. The van der Waals surface area contributed by atoms with E-state index in [4.69, 9.17) is 27.9 Å². The molecule has 6 nitrogen and oxygen atoms in total. The van der Waals surface area contributed by atoms with Crippen LogP contribution in [-0.4, -0.2) is 60.4 Å². The van der Waals surface area contributed by atoms with E-state index in [1.807, 2.05) is 12.1 Å². The number of amides is 2. The van der Waals surface area contributed by atoms with Crippen LogP contribution in [0.1, 0.15) is 36.8 Å². The summed E-state index contributed by atoms with van der Waals surface area (Å²) in [5, 5.41) is 4.44. The van der Waals surface area contributed by atoms with Crippen molar-refractivity contribution in [2.24, 2.45) is 0 Å². The van der Waals surface area contributed by atoms with Crippen molar-refractivity contribution >= 4 is 35.0 Å². The van der Waals surface area contributed by atoms with E-state index in [9.17, 15) is 9.59 Å². The maximum Gasteiger partial charge on any atom is 0.258 e. The Bertz CT molecular complexity index is 1010. The predicted molar refractivity (Wildman–Crippen MR) is 134 cm³/mol. The van der Waals surface area contributed by atoms with Crippen LogP contribution in [-0.2, 0) is 22.6 Å². The Balaban J connectivity index is 1.29. The molecule has 4 rings (SSSR count). The Morgan fingerprint density at radius 2 is 1.68 bits per heavy atom. The molecule has 0 aliphatic carbocycles. The molecule has 2 fully saturated rings. The summed E-state index contributed by atoms with van der Waals surface area (Å²) in [7, 11) is 3.41. The summed E-state index contributed by atoms with van der Waals surface area (Å²) < 4.78 is 5.79. The molecular weight excluding hydrogens is 473 g/mol. The Morgan fingerprint density at radius 3 is 2.32 bits per heavy atom. The number of ether oxygens (including phenoxy) is 1. The van der Waals surface area contributed by atoms with Gasteiger partial charge in [0.25, 0.3) is 5.91 Å². The van der Waals surface area contributed by atoms with Crippen molar-refractivity contribution in [1.29, 1.82) is 0 Å². The third-order valence-corrected chi connectivity index (χ3v) is 7.24. The molecule has 2 heterocycles. The van der Waals surface area contributed by atoms with Gasteiger partial charge in [0.05, 0.1) is 6.42 Å². The van der Waals surface area contributed by atoms with Crippen LogP contribution in [0, 0.1) is 0 Å². The Kier molecular flexibility index (Phi) is 8.02. The van der Waals surface area contributed by atoms with Crippen molar-refractivity contribution in [3.05, 3.63) is 63.6 Å². The third kappa shape index (κ3) is 6.23. The van der Waals surface area contributed by atoms with Crippen LogP contribution in [0.3, 0.4) is 0 Å². The summed E-state index contributed by atoms with van der Waals surface area (Å²) in [6, 6.07) is 14.3. The van der Waals surface area contributed by atoms with Crippen LogP contribution in [0.15, 0.2) is 42.5 Å². The summed E-state index contributed by atoms with van der Waals surface area (Å²) in [5.74, 6) is 0.306. The smallest absolute Gasteiger partial charge is 0.258 e. The second-order valence-corrected chi connectivity index (χ2v) is 10.3. The molecule has 2 saturated heterocycles. The molecule has 2 aromatic rings. The number of hydrogen-bond donors (Lipinski definition) is 1. The van der Waals surface area contributed by atoms with Crippen molar-refractivity contribution in [2.45, 2.75) is 56.8 Å². The van der Waals surface area contributed by atoms with Crippen LogP contribution in [0.4, 0.5) is 0 Å². The zero-order chi connectivity index (χ0) is 24.2. The van der Waals surface area contributed by atoms with Gasteiger partial charge in [-0.25, -0.2) is 0 Å². The summed E-state index contributed by atoms with van der Waals surface area (Å²) in [4.78, 5) is 28.9. The van der Waals surface area contributed by atoms with E-state index in [-0.39, 0.29) is 30.9 Å². The zero-order valence-electron chi connectivity index (χ0n) is 19.6. The third-order valence-electron chi connectivity index (χ3n) is 6.75. The number of halogens is 2. The highest BCUT2D eigenvalue weighted by Crippen LogP contribution is 2.37. The number of carbonyl (C=O) groups excluding carboxylic acids is 2. The SMILES string of the molecule is CN(C)C(=O)Cc1cc(Cl)ccc1OCC(=O)NC1C[C@H]2CC[C@@H](C1)N2Cc1ccc(Cl)cc1. The maximum atomic E-state index is 12.7. The largest absolute Gasteiger partial charge is 0.483 e. The normalized spacial score (nSPS) is 21.8. The minimum Gasteiger partial charge on any atom is -0.483 e. The molecule has 1 unspecified atom stereocenters. The van der Waals surface area contributed by atoms with Crippen LogP contribution < -0.4 is 10.1 Å². The van der Waals surface area contributed by atoms with Gasteiger partial charge in [0.2, 0.25) is 5.91 Å². The Hall–Kier alpha value is -2.28. The molecule has 2 aliphatic heterocycles. The molecule has 8 heteroatoms. The molecule has 2 bridgehead atoms. The number of nitrogens with zero attached hydrogens (tertiary/aromatic N) is 2. The number of piperidine rings is 1. The monoisotopic (exact) mass is 503 g/mol. The van der Waals surface area contributed by atoms with E-state index >= 15 is 0 Å². The molecule has 2 amide bonds. The summed E-state index contributed by atoms with van der Waals surface area (Å²) in [6.07, 6.45) is 4.38. The lowest BCUT2D eigenvalue weighted by Crippen LogP contribution is -2.50. The molecule has 0 saturated carbocycles. The maximum absolute atomic E-state index is 12.7. The van der Waals surface area contributed by atoms with Crippen LogP contribution >= 0.6 is 23.2 Å². The molecule has 0 aromatic heterocycles. The fourth-order valence-electron chi connectivity index (χ4n) is 5.01. The first-order valence-electron chi connectivity index (χ1n) is 11.7. The molecule has 1 N–H and O–H groups in total. The van der Waals surface area contributed by atoms with E-state index in [2.05, 4.69) is 22.3 Å².